The standard InChI is InChI=1S/C102H112O20/c1-3-4-5-6-7-38-59-104-99-95(111-67-79-53-32-15-33-54-79)91(87-83(115-99)69-112-97(118-87)80-55-34-16-35-56-80)120-102-96(122-100-93(109-65-77-49-28-13-29-50-77)89(107-63-75-45-24-11-25-46-75)85(71(2)114-100)105-61-73-41-20-9-21-42-73)92(88-84(117-102)70-113-98(119-88)81-57-36-17-37-58-81)121-101-94(110-66-78-51-30-14-31-52-78)90(108-64-76-47-26-12-27-48-76)86(106-62-74-43-22-10-23-44-74)82(116-101)68-103-60-72-39-18-8-19-40-72/h3,8-37,39-58,71,82-102H,1,4-7,38,59-70H2,2H3/t71-,82+,83+,84+,85+,86-,87-,88-,89+,90-,91-,92-,93-,94+,95+,96+,97?,98?,99+,100-,101+,102-/m0/s1. The highest BCUT2D eigenvalue weighted by molar-refractivity contribution is 5.23. The molecule has 6 fully saturated rings. The van der Waals surface area contributed by atoms with Gasteiger partial charge in [-0.25, -0.2) is 0 Å². The van der Waals surface area contributed by atoms with Crippen LogP contribution in [0.15, 0.2) is 316 Å². The second-order valence-electron chi connectivity index (χ2n) is 31.7. The van der Waals surface area contributed by atoms with E-state index in [-0.39, 0.29) is 72.7 Å². The first-order valence-corrected chi connectivity index (χ1v) is 43.0. The number of hydrogen-bond acceptors (Lipinski definition) is 20. The van der Waals surface area contributed by atoms with Crippen molar-refractivity contribution in [1.29, 1.82) is 0 Å². The fourth-order valence-corrected chi connectivity index (χ4v) is 16.5. The SMILES string of the molecule is C=CCCCCCCO[C@@H]1O[C@@H]2COC(c3ccccc3)O[C@@H]2[C@H](O[C@@H]2O[C@@H]3COC(c4ccccc4)O[C@@H]3[C@H](O[C@H]3O[C@H](COCc4ccccc4)[C@H](OCc4ccccc4)[C@H](OCc4ccccc4)[C@H]3OCc3ccccc3)[C@H]2O[C@@H]2O[C@@H](C)[C@@H](OCc3ccccc3)[C@@H](OCc3ccccc3)[C@@H]2OCc2ccccc2)[C@H]1OCc1ccccc1. The van der Waals surface area contributed by atoms with E-state index in [0.717, 1.165) is 87.7 Å². The van der Waals surface area contributed by atoms with Crippen molar-refractivity contribution in [2.45, 2.75) is 227 Å². The van der Waals surface area contributed by atoms with Crippen LogP contribution in [0.5, 0.6) is 0 Å². The lowest BCUT2D eigenvalue weighted by Crippen LogP contribution is -2.70. The minimum atomic E-state index is -1.49. The summed E-state index contributed by atoms with van der Waals surface area (Å²) < 4.78 is 148. The Labute approximate surface area is 716 Å². The Morgan fingerprint density at radius 3 is 1.01 bits per heavy atom. The molecular formula is C102H112O20. The lowest BCUT2D eigenvalue weighted by atomic mass is 9.94. The molecule has 0 saturated carbocycles. The van der Waals surface area contributed by atoms with Crippen LogP contribution in [0.1, 0.15) is 107 Å². The van der Waals surface area contributed by atoms with Gasteiger partial charge in [-0.05, 0) is 70.7 Å². The Bertz CT molecular complexity index is 4600. The zero-order valence-corrected chi connectivity index (χ0v) is 69.0. The van der Waals surface area contributed by atoms with E-state index in [2.05, 4.69) is 6.58 Å². The zero-order chi connectivity index (χ0) is 82.7. The molecule has 6 heterocycles. The molecule has 0 amide bonds. The van der Waals surface area contributed by atoms with Gasteiger partial charge < -0.3 is 94.7 Å². The van der Waals surface area contributed by atoms with E-state index in [1.54, 1.807) is 0 Å². The van der Waals surface area contributed by atoms with Crippen molar-refractivity contribution in [1.82, 2.24) is 0 Å². The van der Waals surface area contributed by atoms with Gasteiger partial charge >= 0.3 is 0 Å². The second kappa shape index (κ2) is 45.2. The van der Waals surface area contributed by atoms with Crippen molar-refractivity contribution >= 4 is 0 Å². The van der Waals surface area contributed by atoms with Crippen molar-refractivity contribution in [3.05, 3.63) is 372 Å². The minimum absolute atomic E-state index is 0.0196. The summed E-state index contributed by atoms with van der Waals surface area (Å²) in [6.07, 6.45) is -16.3. The van der Waals surface area contributed by atoms with E-state index in [1.165, 1.54) is 0 Å². The second-order valence-corrected chi connectivity index (χ2v) is 31.7. The van der Waals surface area contributed by atoms with Crippen molar-refractivity contribution in [3.8, 4) is 0 Å². The van der Waals surface area contributed by atoms with Gasteiger partial charge in [-0.1, -0.05) is 322 Å². The predicted molar refractivity (Wildman–Crippen MR) is 455 cm³/mol. The van der Waals surface area contributed by atoms with Crippen LogP contribution in [0.4, 0.5) is 0 Å². The summed E-state index contributed by atoms with van der Waals surface area (Å²) in [7, 11) is 0. The minimum Gasteiger partial charge on any atom is -0.374 e. The van der Waals surface area contributed by atoms with Crippen LogP contribution in [0.3, 0.4) is 0 Å². The maximum absolute atomic E-state index is 8.22. The number of rotatable bonds is 41. The van der Waals surface area contributed by atoms with E-state index in [4.69, 9.17) is 94.7 Å². The molecule has 0 spiro atoms. The van der Waals surface area contributed by atoms with Crippen LogP contribution < -0.4 is 0 Å². The van der Waals surface area contributed by atoms with Crippen molar-refractivity contribution in [2.24, 2.45) is 0 Å². The highest BCUT2D eigenvalue weighted by atomic mass is 16.8. The van der Waals surface area contributed by atoms with Gasteiger partial charge in [-0.2, -0.15) is 0 Å². The first-order valence-electron chi connectivity index (χ1n) is 43.0. The maximum atomic E-state index is 8.22. The topological polar surface area (TPSA) is 185 Å². The van der Waals surface area contributed by atoms with Gasteiger partial charge in [0, 0.05) is 17.7 Å². The van der Waals surface area contributed by atoms with Crippen LogP contribution in [-0.4, -0.2) is 149 Å². The summed E-state index contributed by atoms with van der Waals surface area (Å²) in [6, 6.07) is 99.9. The molecule has 2 unspecified atom stereocenters. The Morgan fingerprint density at radius 1 is 0.287 bits per heavy atom. The van der Waals surface area contributed by atoms with E-state index in [0.29, 0.717) is 6.61 Å². The molecule has 0 radical (unpaired) electrons. The van der Waals surface area contributed by atoms with Crippen LogP contribution in [0, 0.1) is 0 Å². The summed E-state index contributed by atoms with van der Waals surface area (Å²) in [5, 5.41) is 0. The molecule has 20 nitrogen and oxygen atoms in total. The van der Waals surface area contributed by atoms with E-state index < -0.39 is 135 Å². The van der Waals surface area contributed by atoms with Gasteiger partial charge in [0.25, 0.3) is 0 Å². The highest BCUT2D eigenvalue weighted by Gasteiger charge is 2.61. The fourth-order valence-electron chi connectivity index (χ4n) is 16.5. The van der Waals surface area contributed by atoms with E-state index in [1.807, 2.05) is 316 Å². The summed E-state index contributed by atoms with van der Waals surface area (Å²) in [5.74, 6) is 0. The third kappa shape index (κ3) is 23.6. The van der Waals surface area contributed by atoms with Crippen LogP contribution in [0.2, 0.25) is 0 Å². The van der Waals surface area contributed by atoms with Crippen molar-refractivity contribution in [3.63, 3.8) is 0 Å². The lowest BCUT2D eigenvalue weighted by molar-refractivity contribution is -0.436. The van der Waals surface area contributed by atoms with E-state index >= 15 is 0 Å². The fraction of sp³-hybridized carbons (Fsp3) is 0.392. The molecule has 6 saturated heterocycles. The molecule has 0 aromatic heterocycles. The number of benzene rings is 10. The molecule has 10 aromatic carbocycles. The number of ether oxygens (including phenoxy) is 20. The van der Waals surface area contributed by atoms with Crippen LogP contribution >= 0.6 is 0 Å². The Kier molecular flexibility index (Phi) is 32.1. The molecule has 6 aliphatic heterocycles. The van der Waals surface area contributed by atoms with Gasteiger partial charge in [0.05, 0.1) is 78.8 Å². The molecule has 16 rings (SSSR count). The number of hydrogen-bond donors (Lipinski definition) is 0. The monoisotopic (exact) mass is 1660 g/mol. The molecule has 6 aliphatic rings. The molecule has 640 valence electrons. The molecule has 10 aromatic rings. The van der Waals surface area contributed by atoms with E-state index in [9.17, 15) is 0 Å². The quantitative estimate of drug-likeness (QED) is 0.0260. The molecule has 0 aliphatic carbocycles. The van der Waals surface area contributed by atoms with Gasteiger partial charge in [-0.3, -0.25) is 0 Å². The number of unbranched alkanes of at least 4 members (excludes halogenated alkanes) is 4. The largest absolute Gasteiger partial charge is 0.374 e. The zero-order valence-electron chi connectivity index (χ0n) is 69.0. The number of allylic oxidation sites excluding steroid dienone is 1. The summed E-state index contributed by atoms with van der Waals surface area (Å²) in [6.45, 7) is 7.72. The lowest BCUT2D eigenvalue weighted by Gasteiger charge is -2.54. The molecule has 0 N–H and O–H groups in total. The first kappa shape index (κ1) is 86.6. The average molecular weight is 1660 g/mol. The van der Waals surface area contributed by atoms with Crippen LogP contribution in [-0.2, 0) is 148 Å². The van der Waals surface area contributed by atoms with Crippen molar-refractivity contribution in [2.75, 3.05) is 26.4 Å². The summed E-state index contributed by atoms with van der Waals surface area (Å²) in [5.41, 5.74) is 8.93. The van der Waals surface area contributed by atoms with Crippen molar-refractivity contribution < 1.29 is 94.7 Å². The van der Waals surface area contributed by atoms with Gasteiger partial charge in [0.15, 0.2) is 37.7 Å². The molecule has 20 heteroatoms. The maximum Gasteiger partial charge on any atom is 0.187 e. The molecule has 22 atom stereocenters. The van der Waals surface area contributed by atoms with Gasteiger partial charge in [0.1, 0.15) is 91.6 Å². The molecular weight excluding hydrogens is 1550 g/mol. The number of fused-ring (bicyclic) bond motifs is 2. The molecule has 0 bridgehead atoms. The van der Waals surface area contributed by atoms with Gasteiger partial charge in [0.2, 0.25) is 0 Å². The normalized spacial score (nSPS) is 29.0. The Balaban J connectivity index is 0.862. The first-order chi connectivity index (χ1) is 60.4. The van der Waals surface area contributed by atoms with Crippen LogP contribution in [0.25, 0.3) is 0 Å². The Morgan fingerprint density at radius 2 is 0.598 bits per heavy atom. The van der Waals surface area contributed by atoms with Gasteiger partial charge in [-0.15, -0.1) is 6.58 Å². The summed E-state index contributed by atoms with van der Waals surface area (Å²) in [4.78, 5) is 0. The average Bonchev–Trinajstić information content (AvgIpc) is 0.741. The predicted octanol–water partition coefficient (Wildman–Crippen LogP) is 17.8. The third-order valence-electron chi connectivity index (χ3n) is 22.9. The summed E-state index contributed by atoms with van der Waals surface area (Å²) >= 11 is 0. The smallest absolute Gasteiger partial charge is 0.187 e. The highest BCUT2D eigenvalue weighted by Crippen LogP contribution is 2.45. The Hall–Kier alpha value is -8.86. The third-order valence-corrected chi connectivity index (χ3v) is 22.9. The molecule has 122 heavy (non-hydrogen) atoms.